The fraction of sp³-hybridized carbons (Fsp3) is 0.875. The summed E-state index contributed by atoms with van der Waals surface area (Å²) < 4.78 is 0. The quantitative estimate of drug-likeness (QED) is 0.832. The second-order valence-corrected chi connectivity index (χ2v) is 6.76. The zero-order valence-electron chi connectivity index (χ0n) is 12.6. The maximum absolute atomic E-state index is 12.4. The summed E-state index contributed by atoms with van der Waals surface area (Å²) in [6, 6.07) is 0.260. The minimum absolute atomic E-state index is 0.0262. The van der Waals surface area contributed by atoms with Crippen LogP contribution in [0.2, 0.25) is 0 Å². The molecule has 2 rings (SSSR count). The topological polar surface area (TPSA) is 66.4 Å². The lowest BCUT2D eigenvalue weighted by atomic mass is 9.84. The van der Waals surface area contributed by atoms with Crippen LogP contribution in [-0.4, -0.2) is 23.0 Å². The normalized spacial score (nSPS) is 37.6. The van der Waals surface area contributed by atoms with Gasteiger partial charge in [-0.25, -0.2) is 0 Å². The van der Waals surface area contributed by atoms with Crippen molar-refractivity contribution in [2.75, 3.05) is 0 Å². The lowest BCUT2D eigenvalue weighted by molar-refractivity contribution is -0.146. The van der Waals surface area contributed by atoms with E-state index < -0.39 is 11.9 Å². The van der Waals surface area contributed by atoms with E-state index in [0.717, 1.165) is 18.8 Å². The Morgan fingerprint density at radius 1 is 1.10 bits per heavy atom. The number of carbonyl (C=O) groups is 2. The van der Waals surface area contributed by atoms with Crippen molar-refractivity contribution in [2.24, 2.45) is 23.7 Å². The lowest BCUT2D eigenvalue weighted by Crippen LogP contribution is -2.42. The van der Waals surface area contributed by atoms with E-state index in [4.69, 9.17) is 0 Å². The highest BCUT2D eigenvalue weighted by Gasteiger charge is 2.41. The molecule has 0 aromatic rings. The fourth-order valence-corrected chi connectivity index (χ4v) is 3.88. The monoisotopic (exact) mass is 281 g/mol. The molecule has 0 spiro atoms. The third-order valence-electron chi connectivity index (χ3n) is 5.22. The number of rotatable bonds is 4. The van der Waals surface area contributed by atoms with Gasteiger partial charge in [-0.1, -0.05) is 20.3 Å². The lowest BCUT2D eigenvalue weighted by Gasteiger charge is -2.29. The Kier molecular flexibility index (Phi) is 5.06. The number of carboxylic acids is 1. The number of nitrogens with one attached hydrogen (secondary N) is 1. The summed E-state index contributed by atoms with van der Waals surface area (Å²) in [5.74, 6) is -0.515. The number of amides is 1. The Hall–Kier alpha value is -1.06. The van der Waals surface area contributed by atoms with Crippen molar-refractivity contribution in [1.82, 2.24) is 5.32 Å². The van der Waals surface area contributed by atoms with E-state index in [0.29, 0.717) is 18.8 Å². The molecule has 3 atom stereocenters. The minimum Gasteiger partial charge on any atom is -0.481 e. The molecule has 2 saturated carbocycles. The Bertz CT molecular complexity index is 361. The molecule has 4 heteroatoms. The summed E-state index contributed by atoms with van der Waals surface area (Å²) in [6.07, 6.45) is 7.04. The van der Waals surface area contributed by atoms with Crippen molar-refractivity contribution >= 4 is 11.9 Å². The van der Waals surface area contributed by atoms with E-state index in [1.807, 2.05) is 6.92 Å². The summed E-state index contributed by atoms with van der Waals surface area (Å²) in [5.41, 5.74) is 0. The number of hydrogen-bond donors (Lipinski definition) is 2. The summed E-state index contributed by atoms with van der Waals surface area (Å²) in [5, 5.41) is 12.4. The van der Waals surface area contributed by atoms with Crippen molar-refractivity contribution in [2.45, 2.75) is 64.8 Å². The highest BCUT2D eigenvalue weighted by molar-refractivity contribution is 5.85. The van der Waals surface area contributed by atoms with Crippen LogP contribution >= 0.6 is 0 Å². The second kappa shape index (κ2) is 6.59. The Morgan fingerprint density at radius 3 is 2.25 bits per heavy atom. The molecule has 2 aliphatic rings. The molecular weight excluding hydrogens is 254 g/mol. The highest BCUT2D eigenvalue weighted by Crippen LogP contribution is 2.37. The zero-order valence-corrected chi connectivity index (χ0v) is 12.6. The van der Waals surface area contributed by atoms with Crippen molar-refractivity contribution in [3.05, 3.63) is 0 Å². The molecule has 0 aliphatic heterocycles. The van der Waals surface area contributed by atoms with Crippen molar-refractivity contribution in [1.29, 1.82) is 0 Å². The van der Waals surface area contributed by atoms with E-state index >= 15 is 0 Å². The molecule has 3 unspecified atom stereocenters. The van der Waals surface area contributed by atoms with Gasteiger partial charge in [-0.05, 0) is 50.4 Å². The summed E-state index contributed by atoms with van der Waals surface area (Å²) in [4.78, 5) is 23.6. The predicted molar refractivity (Wildman–Crippen MR) is 77.2 cm³/mol. The summed E-state index contributed by atoms with van der Waals surface area (Å²) in [7, 11) is 0. The van der Waals surface area contributed by atoms with Crippen molar-refractivity contribution in [3.8, 4) is 0 Å². The zero-order chi connectivity index (χ0) is 14.7. The molecule has 2 N–H and O–H groups in total. The van der Waals surface area contributed by atoms with Gasteiger partial charge in [0.1, 0.15) is 0 Å². The maximum atomic E-state index is 12.4. The molecule has 0 heterocycles. The molecule has 114 valence electrons. The van der Waals surface area contributed by atoms with Crippen LogP contribution in [0.25, 0.3) is 0 Å². The van der Waals surface area contributed by atoms with Gasteiger partial charge >= 0.3 is 5.97 Å². The van der Waals surface area contributed by atoms with Gasteiger partial charge in [0.25, 0.3) is 0 Å². The Labute approximate surface area is 121 Å². The average molecular weight is 281 g/mol. The summed E-state index contributed by atoms with van der Waals surface area (Å²) >= 11 is 0. The smallest absolute Gasteiger partial charge is 0.307 e. The summed E-state index contributed by atoms with van der Waals surface area (Å²) in [6.45, 7) is 4.26. The van der Waals surface area contributed by atoms with E-state index in [9.17, 15) is 14.7 Å². The molecule has 0 radical (unpaired) electrons. The Balaban J connectivity index is 1.87. The van der Waals surface area contributed by atoms with Crippen LogP contribution in [0.4, 0.5) is 0 Å². The van der Waals surface area contributed by atoms with Crippen LogP contribution < -0.4 is 5.32 Å². The molecule has 0 bridgehead atoms. The average Bonchev–Trinajstić information content (AvgIpc) is 2.82. The van der Waals surface area contributed by atoms with E-state index in [-0.39, 0.29) is 17.9 Å². The standard InChI is InChI=1S/C16H27NO3/c1-3-11-4-6-12(7-5-11)17-15(18)13-8-10(2)9-14(13)16(19)20/h10-14H,3-9H2,1-2H3,(H,17,18)(H,19,20). The number of aliphatic carboxylic acids is 1. The minimum atomic E-state index is -0.816. The third-order valence-corrected chi connectivity index (χ3v) is 5.22. The molecule has 0 aromatic heterocycles. The first-order valence-corrected chi connectivity index (χ1v) is 8.04. The van der Waals surface area contributed by atoms with E-state index in [1.54, 1.807) is 0 Å². The van der Waals surface area contributed by atoms with Crippen LogP contribution in [0, 0.1) is 23.7 Å². The van der Waals surface area contributed by atoms with Crippen LogP contribution in [0.5, 0.6) is 0 Å². The van der Waals surface area contributed by atoms with E-state index in [2.05, 4.69) is 12.2 Å². The SMILES string of the molecule is CCC1CCC(NC(=O)C2CC(C)CC2C(=O)O)CC1. The first kappa shape index (κ1) is 15.3. The van der Waals surface area contributed by atoms with Crippen molar-refractivity contribution in [3.63, 3.8) is 0 Å². The third kappa shape index (κ3) is 3.53. The molecule has 20 heavy (non-hydrogen) atoms. The molecule has 2 fully saturated rings. The number of hydrogen-bond acceptors (Lipinski definition) is 2. The van der Waals surface area contributed by atoms with Crippen LogP contribution in [0.15, 0.2) is 0 Å². The highest BCUT2D eigenvalue weighted by atomic mass is 16.4. The maximum Gasteiger partial charge on any atom is 0.307 e. The second-order valence-electron chi connectivity index (χ2n) is 6.76. The van der Waals surface area contributed by atoms with E-state index in [1.165, 1.54) is 19.3 Å². The van der Waals surface area contributed by atoms with Gasteiger partial charge in [0, 0.05) is 6.04 Å². The molecule has 4 nitrogen and oxygen atoms in total. The van der Waals surface area contributed by atoms with Gasteiger partial charge < -0.3 is 10.4 Å². The van der Waals surface area contributed by atoms with Crippen LogP contribution in [0.1, 0.15) is 58.8 Å². The van der Waals surface area contributed by atoms with Gasteiger partial charge in [-0.3, -0.25) is 9.59 Å². The van der Waals surface area contributed by atoms with Crippen LogP contribution in [0.3, 0.4) is 0 Å². The molecule has 0 aromatic carbocycles. The Morgan fingerprint density at radius 2 is 1.70 bits per heavy atom. The molecule has 1 amide bonds. The van der Waals surface area contributed by atoms with Gasteiger partial charge in [-0.15, -0.1) is 0 Å². The first-order valence-electron chi connectivity index (χ1n) is 8.04. The molecule has 2 aliphatic carbocycles. The first-order chi connectivity index (χ1) is 9.51. The van der Waals surface area contributed by atoms with Gasteiger partial charge in [0.15, 0.2) is 0 Å². The van der Waals surface area contributed by atoms with Gasteiger partial charge in [0.05, 0.1) is 11.8 Å². The number of carboxylic acid groups (broad SMARTS) is 1. The molecular formula is C16H27NO3. The largest absolute Gasteiger partial charge is 0.481 e. The van der Waals surface area contributed by atoms with Gasteiger partial charge in [-0.2, -0.15) is 0 Å². The number of carbonyl (C=O) groups excluding carboxylic acids is 1. The molecule has 0 saturated heterocycles. The van der Waals surface area contributed by atoms with Gasteiger partial charge in [0.2, 0.25) is 5.91 Å². The van der Waals surface area contributed by atoms with Crippen molar-refractivity contribution < 1.29 is 14.7 Å². The van der Waals surface area contributed by atoms with Crippen LogP contribution in [-0.2, 0) is 9.59 Å². The predicted octanol–water partition coefficient (Wildman–Crippen LogP) is 2.82. The fourth-order valence-electron chi connectivity index (χ4n) is 3.88.